The van der Waals surface area contributed by atoms with Gasteiger partial charge in [-0.25, -0.2) is 4.79 Å². The summed E-state index contributed by atoms with van der Waals surface area (Å²) in [6.07, 6.45) is 2.16. The molecule has 0 atom stereocenters. The van der Waals surface area contributed by atoms with Gasteiger partial charge >= 0.3 is 5.97 Å². The quantitative estimate of drug-likeness (QED) is 0.396. The second-order valence-electron chi connectivity index (χ2n) is 6.40. The van der Waals surface area contributed by atoms with Crippen LogP contribution in [-0.4, -0.2) is 18.8 Å². The highest BCUT2D eigenvalue weighted by Gasteiger charge is 2.17. The maximum Gasteiger partial charge on any atom is 0.365 e. The molecule has 1 aliphatic rings. The molecule has 0 unspecified atom stereocenters. The molecule has 4 nitrogen and oxygen atoms in total. The number of ether oxygens (including phenoxy) is 1. The first kappa shape index (κ1) is 16.3. The van der Waals surface area contributed by atoms with Gasteiger partial charge in [0, 0.05) is 5.56 Å². The molecule has 0 aromatic heterocycles. The van der Waals surface area contributed by atoms with Gasteiger partial charge in [-0.1, -0.05) is 35.5 Å². The van der Waals surface area contributed by atoms with Gasteiger partial charge in [-0.2, -0.15) is 0 Å². The van der Waals surface area contributed by atoms with Crippen LogP contribution in [0.1, 0.15) is 34.0 Å². The monoisotopic (exact) mass is 345 g/mol. The Balaban J connectivity index is 1.60. The molecule has 3 aromatic rings. The fourth-order valence-corrected chi connectivity index (χ4v) is 3.50. The van der Waals surface area contributed by atoms with Crippen LogP contribution in [0.15, 0.2) is 59.8 Å². The average Bonchev–Trinajstić information content (AvgIpc) is 3.11. The molecule has 0 radical (unpaired) electrons. The molecule has 0 N–H and O–H groups in total. The number of nitrogens with zero attached hydrogens (tertiary/aromatic N) is 1. The lowest BCUT2D eigenvalue weighted by molar-refractivity contribution is 0.0516. The van der Waals surface area contributed by atoms with E-state index < -0.39 is 5.97 Å². The lowest BCUT2D eigenvalue weighted by Gasteiger charge is -2.08. The fourth-order valence-electron chi connectivity index (χ4n) is 3.50. The van der Waals surface area contributed by atoms with Crippen molar-refractivity contribution in [2.45, 2.75) is 19.8 Å². The van der Waals surface area contributed by atoms with Gasteiger partial charge in [-0.3, -0.25) is 0 Å². The van der Waals surface area contributed by atoms with E-state index in [1.54, 1.807) is 31.4 Å². The molecule has 0 amide bonds. The molecular weight excluding hydrogens is 326 g/mol. The van der Waals surface area contributed by atoms with Crippen molar-refractivity contribution in [1.29, 1.82) is 0 Å². The van der Waals surface area contributed by atoms with Gasteiger partial charge in [-0.15, -0.1) is 0 Å². The lowest BCUT2D eigenvalue weighted by atomic mass is 9.98. The summed E-state index contributed by atoms with van der Waals surface area (Å²) in [6, 6.07) is 17.3. The number of methoxy groups -OCH3 is 1. The van der Waals surface area contributed by atoms with Crippen molar-refractivity contribution >= 4 is 22.5 Å². The molecule has 0 bridgehead atoms. The summed E-state index contributed by atoms with van der Waals surface area (Å²) >= 11 is 0. The Labute approximate surface area is 152 Å². The number of hydrogen-bond acceptors (Lipinski definition) is 4. The standard InChI is InChI=1S/C22H19NO3/c1-14(23-26-22(24)17-8-11-18(25-2)12-9-17)19-13-10-16-7-6-15-4-3-5-20(19)21(15)16/h3-5,8-13H,6-7H2,1-2H3/b23-14+. The summed E-state index contributed by atoms with van der Waals surface area (Å²) in [6.45, 7) is 1.86. The summed E-state index contributed by atoms with van der Waals surface area (Å²) < 4.78 is 5.09. The first-order valence-corrected chi connectivity index (χ1v) is 8.61. The van der Waals surface area contributed by atoms with Crippen molar-refractivity contribution in [2.24, 2.45) is 5.16 Å². The van der Waals surface area contributed by atoms with E-state index in [1.807, 2.05) is 6.92 Å². The van der Waals surface area contributed by atoms with Crippen molar-refractivity contribution < 1.29 is 14.4 Å². The Morgan fingerprint density at radius 2 is 1.69 bits per heavy atom. The van der Waals surface area contributed by atoms with Crippen molar-refractivity contribution in [3.05, 3.63) is 76.9 Å². The third-order valence-electron chi connectivity index (χ3n) is 4.86. The Hall–Kier alpha value is -3.14. The molecule has 0 heterocycles. The molecule has 1 aliphatic carbocycles. The summed E-state index contributed by atoms with van der Waals surface area (Å²) in [5, 5.41) is 6.57. The van der Waals surface area contributed by atoms with Gasteiger partial charge in [0.25, 0.3) is 0 Å². The second kappa shape index (κ2) is 6.64. The molecule has 3 aromatic carbocycles. The normalized spacial score (nSPS) is 13.1. The van der Waals surface area contributed by atoms with Crippen LogP contribution in [0.25, 0.3) is 10.8 Å². The van der Waals surface area contributed by atoms with Crippen molar-refractivity contribution in [3.63, 3.8) is 0 Å². The van der Waals surface area contributed by atoms with Crippen molar-refractivity contribution in [2.75, 3.05) is 7.11 Å². The van der Waals surface area contributed by atoms with E-state index in [9.17, 15) is 4.79 Å². The zero-order valence-corrected chi connectivity index (χ0v) is 14.8. The number of rotatable bonds is 4. The van der Waals surface area contributed by atoms with Gasteiger partial charge < -0.3 is 9.57 Å². The molecule has 0 saturated heterocycles. The van der Waals surface area contributed by atoms with Crippen LogP contribution in [0.3, 0.4) is 0 Å². The molecule has 0 spiro atoms. The molecule has 26 heavy (non-hydrogen) atoms. The van der Waals surface area contributed by atoms with Crippen LogP contribution in [0.4, 0.5) is 0 Å². The second-order valence-corrected chi connectivity index (χ2v) is 6.40. The summed E-state index contributed by atoms with van der Waals surface area (Å²) in [5.74, 6) is 0.201. The highest BCUT2D eigenvalue weighted by atomic mass is 16.7. The van der Waals surface area contributed by atoms with E-state index in [1.165, 1.54) is 21.9 Å². The maximum atomic E-state index is 12.2. The molecule has 0 aliphatic heterocycles. The Morgan fingerprint density at radius 3 is 2.42 bits per heavy atom. The summed E-state index contributed by atoms with van der Waals surface area (Å²) in [7, 11) is 1.58. The van der Waals surface area contributed by atoms with E-state index in [4.69, 9.17) is 9.57 Å². The minimum atomic E-state index is -0.488. The average molecular weight is 345 g/mol. The predicted molar refractivity (Wildman–Crippen MR) is 102 cm³/mol. The molecule has 4 rings (SSSR count). The van der Waals surface area contributed by atoms with E-state index in [0.717, 1.165) is 18.4 Å². The van der Waals surface area contributed by atoms with E-state index in [0.29, 0.717) is 17.0 Å². The maximum absolute atomic E-state index is 12.2. The number of benzene rings is 3. The minimum absolute atomic E-state index is 0.433. The highest BCUT2D eigenvalue weighted by molar-refractivity contribution is 6.11. The zero-order valence-electron chi connectivity index (χ0n) is 14.8. The predicted octanol–water partition coefficient (Wildman–Crippen LogP) is 4.53. The van der Waals surface area contributed by atoms with Crippen molar-refractivity contribution in [1.82, 2.24) is 0 Å². The Kier molecular flexibility index (Phi) is 4.17. The first-order valence-electron chi connectivity index (χ1n) is 8.61. The van der Waals surface area contributed by atoms with Crippen LogP contribution < -0.4 is 4.74 Å². The number of carbonyl (C=O) groups excluding carboxylic acids is 1. The largest absolute Gasteiger partial charge is 0.497 e. The minimum Gasteiger partial charge on any atom is -0.497 e. The van der Waals surface area contributed by atoms with Crippen LogP contribution >= 0.6 is 0 Å². The Bertz CT molecular complexity index is 1010. The molecule has 4 heteroatoms. The number of carbonyl (C=O) groups is 1. The number of aryl methyl sites for hydroxylation is 2. The Morgan fingerprint density at radius 1 is 0.962 bits per heavy atom. The zero-order chi connectivity index (χ0) is 18.1. The molecular formula is C22H19NO3. The smallest absolute Gasteiger partial charge is 0.365 e. The van der Waals surface area contributed by atoms with Gasteiger partial charge in [0.2, 0.25) is 0 Å². The van der Waals surface area contributed by atoms with Gasteiger partial charge in [0.1, 0.15) is 5.75 Å². The van der Waals surface area contributed by atoms with Crippen LogP contribution in [0.2, 0.25) is 0 Å². The number of hydrogen-bond donors (Lipinski definition) is 0. The third-order valence-corrected chi connectivity index (χ3v) is 4.86. The molecule has 0 fully saturated rings. The van der Waals surface area contributed by atoms with E-state index in [-0.39, 0.29) is 0 Å². The summed E-state index contributed by atoms with van der Waals surface area (Å²) in [4.78, 5) is 17.3. The van der Waals surface area contributed by atoms with Crippen molar-refractivity contribution in [3.8, 4) is 5.75 Å². The fraction of sp³-hybridized carbons (Fsp3) is 0.182. The summed E-state index contributed by atoms with van der Waals surface area (Å²) in [5.41, 5.74) is 4.87. The SMILES string of the molecule is COc1ccc(C(=O)O/N=C(\C)c2ccc3c4c(cccc24)CC3)cc1. The third kappa shape index (κ3) is 2.84. The topological polar surface area (TPSA) is 47.9 Å². The van der Waals surface area contributed by atoms with E-state index in [2.05, 4.69) is 35.5 Å². The molecule has 0 saturated carbocycles. The van der Waals surface area contributed by atoms with Crippen LogP contribution in [0, 0.1) is 0 Å². The van der Waals surface area contributed by atoms with Gasteiger partial charge in [0.05, 0.1) is 18.4 Å². The van der Waals surface area contributed by atoms with Crippen LogP contribution in [-0.2, 0) is 17.7 Å². The lowest BCUT2D eigenvalue weighted by Crippen LogP contribution is -2.04. The molecule has 130 valence electrons. The van der Waals surface area contributed by atoms with E-state index >= 15 is 0 Å². The number of oxime groups is 1. The van der Waals surface area contributed by atoms with Crippen LogP contribution in [0.5, 0.6) is 5.75 Å². The first-order chi connectivity index (χ1) is 12.7. The van der Waals surface area contributed by atoms with Gasteiger partial charge in [-0.05, 0) is 65.9 Å². The highest BCUT2D eigenvalue weighted by Crippen LogP contribution is 2.33. The van der Waals surface area contributed by atoms with Gasteiger partial charge in [0.15, 0.2) is 0 Å².